The summed E-state index contributed by atoms with van der Waals surface area (Å²) in [6.45, 7) is 0. The Morgan fingerprint density at radius 3 is 3.06 bits per heavy atom. The van der Waals surface area contributed by atoms with Crippen LogP contribution in [0.4, 0.5) is 17.2 Å². The minimum absolute atomic E-state index is 0.00824. The summed E-state index contributed by atoms with van der Waals surface area (Å²) < 4.78 is 0. The van der Waals surface area contributed by atoms with Gasteiger partial charge in [0.05, 0.1) is 12.1 Å². The van der Waals surface area contributed by atoms with Crippen LogP contribution in [0.1, 0.15) is 5.56 Å². The fourth-order valence-electron chi connectivity index (χ4n) is 1.97. The molecule has 1 aliphatic rings. The second-order valence-electron chi connectivity index (χ2n) is 3.87. The number of hydrogen-bond acceptors (Lipinski definition) is 4. The third-order valence-corrected chi connectivity index (χ3v) is 2.70. The number of anilines is 3. The van der Waals surface area contributed by atoms with Crippen molar-refractivity contribution in [1.82, 2.24) is 9.97 Å². The highest BCUT2D eigenvalue weighted by Gasteiger charge is 2.29. The first-order chi connectivity index (χ1) is 8.25. The highest BCUT2D eigenvalue weighted by Crippen LogP contribution is 2.33. The van der Waals surface area contributed by atoms with E-state index < -0.39 is 0 Å². The van der Waals surface area contributed by atoms with Gasteiger partial charge in [-0.3, -0.25) is 9.69 Å². The zero-order valence-electron chi connectivity index (χ0n) is 9.00. The van der Waals surface area contributed by atoms with Crippen LogP contribution in [0.2, 0.25) is 0 Å². The topological polar surface area (TPSA) is 72.1 Å². The lowest BCUT2D eigenvalue weighted by Crippen LogP contribution is -2.21. The second kappa shape index (κ2) is 3.55. The Morgan fingerprint density at radius 2 is 2.24 bits per heavy atom. The number of benzene rings is 1. The number of hydrogen-bond donors (Lipinski definition) is 1. The predicted molar refractivity (Wildman–Crippen MR) is 63.7 cm³/mol. The second-order valence-corrected chi connectivity index (χ2v) is 3.87. The molecule has 0 aliphatic carbocycles. The van der Waals surface area contributed by atoms with Gasteiger partial charge in [0.2, 0.25) is 5.91 Å². The summed E-state index contributed by atoms with van der Waals surface area (Å²) in [5.41, 5.74) is 7.93. The van der Waals surface area contributed by atoms with Crippen LogP contribution in [0.3, 0.4) is 0 Å². The SMILES string of the molecule is Nc1cccc(N2C(=O)Cc3cncnc32)c1. The van der Waals surface area contributed by atoms with Crippen LogP contribution >= 0.6 is 0 Å². The van der Waals surface area contributed by atoms with Crippen LogP contribution < -0.4 is 10.6 Å². The van der Waals surface area contributed by atoms with Crippen molar-refractivity contribution in [3.05, 3.63) is 42.4 Å². The summed E-state index contributed by atoms with van der Waals surface area (Å²) in [7, 11) is 0. The minimum atomic E-state index is -0.00824. The normalized spacial score (nSPS) is 13.9. The van der Waals surface area contributed by atoms with Crippen LogP contribution in [0.5, 0.6) is 0 Å². The van der Waals surface area contributed by atoms with Gasteiger partial charge in [0.25, 0.3) is 0 Å². The molecule has 5 nitrogen and oxygen atoms in total. The molecule has 0 saturated heterocycles. The lowest BCUT2D eigenvalue weighted by atomic mass is 10.2. The Labute approximate surface area is 97.9 Å². The highest BCUT2D eigenvalue weighted by atomic mass is 16.2. The number of nitrogens with zero attached hydrogens (tertiary/aromatic N) is 3. The number of rotatable bonds is 1. The molecular formula is C12H10N4O. The van der Waals surface area contributed by atoms with Crippen LogP contribution in [0, 0.1) is 0 Å². The lowest BCUT2D eigenvalue weighted by Gasteiger charge is -2.16. The van der Waals surface area contributed by atoms with Crippen molar-refractivity contribution in [1.29, 1.82) is 0 Å². The number of fused-ring (bicyclic) bond motifs is 1. The number of carbonyl (C=O) groups is 1. The fourth-order valence-corrected chi connectivity index (χ4v) is 1.97. The van der Waals surface area contributed by atoms with Crippen molar-refractivity contribution in [2.45, 2.75) is 6.42 Å². The summed E-state index contributed by atoms with van der Waals surface area (Å²) in [5, 5.41) is 0. The van der Waals surface area contributed by atoms with E-state index in [1.165, 1.54) is 6.33 Å². The smallest absolute Gasteiger partial charge is 0.237 e. The number of carbonyl (C=O) groups excluding carboxylic acids is 1. The molecular weight excluding hydrogens is 216 g/mol. The number of amides is 1. The average molecular weight is 226 g/mol. The van der Waals surface area contributed by atoms with Gasteiger partial charge in [-0.15, -0.1) is 0 Å². The zero-order valence-corrected chi connectivity index (χ0v) is 9.00. The number of nitrogen functional groups attached to an aromatic ring is 1. The van der Waals surface area contributed by atoms with Gasteiger partial charge in [0.1, 0.15) is 12.1 Å². The maximum atomic E-state index is 12.0. The molecule has 2 N–H and O–H groups in total. The molecule has 2 aromatic rings. The molecule has 17 heavy (non-hydrogen) atoms. The molecule has 1 aliphatic heterocycles. The molecule has 0 atom stereocenters. The Morgan fingerprint density at radius 1 is 1.35 bits per heavy atom. The maximum absolute atomic E-state index is 12.0. The van der Waals surface area contributed by atoms with E-state index in [1.54, 1.807) is 23.2 Å². The molecule has 0 bridgehead atoms. The van der Waals surface area contributed by atoms with Crippen molar-refractivity contribution in [2.75, 3.05) is 10.6 Å². The van der Waals surface area contributed by atoms with E-state index in [2.05, 4.69) is 9.97 Å². The van der Waals surface area contributed by atoms with Crippen molar-refractivity contribution >= 4 is 23.1 Å². The van der Waals surface area contributed by atoms with Crippen molar-refractivity contribution < 1.29 is 4.79 Å². The maximum Gasteiger partial charge on any atom is 0.237 e. The van der Waals surface area contributed by atoms with Crippen molar-refractivity contribution in [3.8, 4) is 0 Å². The molecule has 0 fully saturated rings. The van der Waals surface area contributed by atoms with Crippen LogP contribution in [0.15, 0.2) is 36.8 Å². The molecule has 1 amide bonds. The average Bonchev–Trinajstić information content (AvgIpc) is 2.64. The quantitative estimate of drug-likeness (QED) is 0.743. The van der Waals surface area contributed by atoms with Gasteiger partial charge in [0.15, 0.2) is 0 Å². The summed E-state index contributed by atoms with van der Waals surface area (Å²) in [6.07, 6.45) is 3.45. The standard InChI is InChI=1S/C12H10N4O/c13-9-2-1-3-10(5-9)16-11(17)4-8-6-14-7-15-12(8)16/h1-3,5-7H,4,13H2. The minimum Gasteiger partial charge on any atom is -0.399 e. The van der Waals surface area contributed by atoms with E-state index in [-0.39, 0.29) is 5.91 Å². The first-order valence-corrected chi connectivity index (χ1v) is 5.23. The van der Waals surface area contributed by atoms with Gasteiger partial charge in [-0.05, 0) is 18.2 Å². The monoisotopic (exact) mass is 226 g/mol. The number of aromatic nitrogens is 2. The summed E-state index contributed by atoms with van der Waals surface area (Å²) in [5.74, 6) is 0.640. The molecule has 0 saturated carbocycles. The first kappa shape index (κ1) is 9.77. The molecule has 3 rings (SSSR count). The van der Waals surface area contributed by atoms with Gasteiger partial charge >= 0.3 is 0 Å². The van der Waals surface area contributed by atoms with Gasteiger partial charge < -0.3 is 5.73 Å². The van der Waals surface area contributed by atoms with E-state index in [1.807, 2.05) is 12.1 Å². The third kappa shape index (κ3) is 1.52. The summed E-state index contributed by atoms with van der Waals surface area (Å²) in [6, 6.07) is 7.20. The first-order valence-electron chi connectivity index (χ1n) is 5.23. The highest BCUT2D eigenvalue weighted by molar-refractivity contribution is 6.06. The largest absolute Gasteiger partial charge is 0.399 e. The van der Waals surface area contributed by atoms with Crippen LogP contribution in [-0.4, -0.2) is 15.9 Å². The number of nitrogens with two attached hydrogens (primary N) is 1. The van der Waals surface area contributed by atoms with Gasteiger partial charge in [0, 0.05) is 17.4 Å². The zero-order chi connectivity index (χ0) is 11.8. The van der Waals surface area contributed by atoms with Crippen LogP contribution in [-0.2, 0) is 11.2 Å². The summed E-state index contributed by atoms with van der Waals surface area (Å²) in [4.78, 5) is 21.6. The van der Waals surface area contributed by atoms with Crippen LogP contribution in [0.25, 0.3) is 0 Å². The molecule has 2 heterocycles. The van der Waals surface area contributed by atoms with Gasteiger partial charge in [-0.25, -0.2) is 9.97 Å². The van der Waals surface area contributed by atoms with Crippen molar-refractivity contribution in [3.63, 3.8) is 0 Å². The van der Waals surface area contributed by atoms with Gasteiger partial charge in [-0.2, -0.15) is 0 Å². The van der Waals surface area contributed by atoms with E-state index in [9.17, 15) is 4.79 Å². The Kier molecular flexibility index (Phi) is 2.04. The fraction of sp³-hybridized carbons (Fsp3) is 0.0833. The molecule has 1 aromatic carbocycles. The van der Waals surface area contributed by atoms with E-state index in [4.69, 9.17) is 5.73 Å². The molecule has 5 heteroatoms. The van der Waals surface area contributed by atoms with E-state index in [0.29, 0.717) is 17.9 Å². The Balaban J connectivity index is 2.13. The van der Waals surface area contributed by atoms with E-state index >= 15 is 0 Å². The Bertz CT molecular complexity index is 597. The van der Waals surface area contributed by atoms with Crippen molar-refractivity contribution in [2.24, 2.45) is 0 Å². The molecule has 1 aromatic heterocycles. The van der Waals surface area contributed by atoms with E-state index in [0.717, 1.165) is 11.3 Å². The predicted octanol–water partition coefficient (Wildman–Crippen LogP) is 1.28. The molecule has 0 unspecified atom stereocenters. The van der Waals surface area contributed by atoms with Gasteiger partial charge in [-0.1, -0.05) is 6.07 Å². The third-order valence-electron chi connectivity index (χ3n) is 2.70. The molecule has 0 spiro atoms. The molecule has 0 radical (unpaired) electrons. The summed E-state index contributed by atoms with van der Waals surface area (Å²) >= 11 is 0. The molecule has 84 valence electrons. The lowest BCUT2D eigenvalue weighted by molar-refractivity contribution is -0.116. The Hall–Kier alpha value is -2.43.